The number of rotatable bonds is 4. The van der Waals surface area contributed by atoms with Gasteiger partial charge in [-0.2, -0.15) is 0 Å². The van der Waals surface area contributed by atoms with Gasteiger partial charge in [0.25, 0.3) is 0 Å². The second-order valence-electron chi connectivity index (χ2n) is 8.04. The Kier molecular flexibility index (Phi) is 6.71. The molecule has 1 heterocycles. The van der Waals surface area contributed by atoms with Crippen LogP contribution in [-0.4, -0.2) is 62.4 Å². The van der Waals surface area contributed by atoms with Crippen molar-refractivity contribution in [2.45, 2.75) is 44.1 Å². The maximum absolute atomic E-state index is 12.5. The number of carbonyl (C=O) groups excluding carboxylic acids is 2. The van der Waals surface area contributed by atoms with E-state index in [2.05, 4.69) is 5.32 Å². The largest absolute Gasteiger partial charge is 0.444 e. The second-order valence-corrected chi connectivity index (χ2v) is 10.2. The minimum Gasteiger partial charge on any atom is -0.444 e. The van der Waals surface area contributed by atoms with E-state index in [0.29, 0.717) is 31.6 Å². The monoisotopic (exact) mass is 411 g/mol. The first kappa shape index (κ1) is 22.2. The number of piperidine rings is 1. The molecule has 9 heteroatoms. The van der Waals surface area contributed by atoms with Crippen molar-refractivity contribution in [1.29, 1.82) is 0 Å². The molecule has 28 heavy (non-hydrogen) atoms. The number of sulfonamides is 1. The fourth-order valence-corrected chi connectivity index (χ4v) is 3.72. The zero-order chi connectivity index (χ0) is 21.1. The van der Waals surface area contributed by atoms with Gasteiger partial charge in [-0.25, -0.2) is 17.5 Å². The van der Waals surface area contributed by atoms with E-state index in [1.54, 1.807) is 17.0 Å². The van der Waals surface area contributed by atoms with E-state index in [1.807, 2.05) is 20.8 Å². The molecule has 1 N–H and O–H groups in total. The van der Waals surface area contributed by atoms with Crippen LogP contribution in [-0.2, 0) is 19.6 Å². The molecule has 2 amide bonds. The predicted octanol–water partition coefficient (Wildman–Crippen LogP) is 2.52. The van der Waals surface area contributed by atoms with Crippen molar-refractivity contribution in [3.05, 3.63) is 24.3 Å². The van der Waals surface area contributed by atoms with E-state index >= 15 is 0 Å². The molecule has 1 aliphatic heterocycles. The van der Waals surface area contributed by atoms with Gasteiger partial charge < -0.3 is 15.0 Å². The van der Waals surface area contributed by atoms with Gasteiger partial charge in [0, 0.05) is 38.8 Å². The molecular weight excluding hydrogens is 382 g/mol. The van der Waals surface area contributed by atoms with E-state index < -0.39 is 15.6 Å². The molecule has 1 aliphatic rings. The molecule has 0 radical (unpaired) electrons. The minimum atomic E-state index is -3.50. The fraction of sp³-hybridized carbons (Fsp3) is 0.579. The summed E-state index contributed by atoms with van der Waals surface area (Å²) in [5, 5.41) is 2.82. The van der Waals surface area contributed by atoms with Gasteiger partial charge in [-0.05, 0) is 57.9 Å². The molecule has 1 aromatic rings. The fourth-order valence-electron chi connectivity index (χ4n) is 2.82. The lowest BCUT2D eigenvalue weighted by atomic mass is 9.96. The highest BCUT2D eigenvalue weighted by molar-refractivity contribution is 7.89. The molecule has 1 saturated heterocycles. The van der Waals surface area contributed by atoms with Crippen molar-refractivity contribution in [1.82, 2.24) is 9.21 Å². The third-order valence-electron chi connectivity index (χ3n) is 4.42. The van der Waals surface area contributed by atoms with Gasteiger partial charge in [-0.3, -0.25) is 4.79 Å². The summed E-state index contributed by atoms with van der Waals surface area (Å²) in [4.78, 5) is 26.4. The highest BCUT2D eigenvalue weighted by Crippen LogP contribution is 2.22. The van der Waals surface area contributed by atoms with Gasteiger partial charge in [-0.15, -0.1) is 0 Å². The number of amides is 2. The average molecular weight is 412 g/mol. The van der Waals surface area contributed by atoms with Gasteiger partial charge in [-0.1, -0.05) is 0 Å². The summed E-state index contributed by atoms with van der Waals surface area (Å²) in [6.45, 7) is 6.39. The Morgan fingerprint density at radius 3 is 2.11 bits per heavy atom. The molecule has 156 valence electrons. The van der Waals surface area contributed by atoms with Gasteiger partial charge in [0.05, 0.1) is 4.90 Å². The Morgan fingerprint density at radius 2 is 1.64 bits per heavy atom. The van der Waals surface area contributed by atoms with Crippen molar-refractivity contribution >= 4 is 27.7 Å². The first-order valence-corrected chi connectivity index (χ1v) is 10.7. The number of anilines is 1. The second kappa shape index (κ2) is 8.48. The van der Waals surface area contributed by atoms with Crippen molar-refractivity contribution in [2.75, 3.05) is 32.5 Å². The zero-order valence-electron chi connectivity index (χ0n) is 17.1. The number of benzene rings is 1. The maximum Gasteiger partial charge on any atom is 0.410 e. The number of nitrogens with one attached hydrogen (secondary N) is 1. The standard InChI is InChI=1S/C19H29N3O5S/c1-19(2,3)27-18(24)22-12-10-14(11-13-22)17(23)20-15-6-8-16(9-7-15)28(25,26)21(4)5/h6-9,14H,10-13H2,1-5H3,(H,20,23). The smallest absolute Gasteiger partial charge is 0.410 e. The summed E-state index contributed by atoms with van der Waals surface area (Å²) in [6, 6.07) is 6.08. The van der Waals surface area contributed by atoms with E-state index in [4.69, 9.17) is 4.74 Å². The Bertz CT molecular complexity index is 805. The van der Waals surface area contributed by atoms with Gasteiger partial charge in [0.15, 0.2) is 0 Å². The summed E-state index contributed by atoms with van der Waals surface area (Å²) >= 11 is 0. The molecule has 0 spiro atoms. The van der Waals surface area contributed by atoms with Crippen LogP contribution in [0.5, 0.6) is 0 Å². The molecule has 0 unspecified atom stereocenters. The third kappa shape index (κ3) is 5.68. The highest BCUT2D eigenvalue weighted by Gasteiger charge is 2.30. The van der Waals surface area contributed by atoms with Gasteiger partial charge >= 0.3 is 6.09 Å². The molecule has 0 aliphatic carbocycles. The number of likely N-dealkylation sites (tertiary alicyclic amines) is 1. The van der Waals surface area contributed by atoms with Crippen molar-refractivity contribution < 1.29 is 22.7 Å². The normalized spacial score (nSPS) is 16.1. The molecule has 0 saturated carbocycles. The first-order chi connectivity index (χ1) is 12.9. The molecule has 0 atom stereocenters. The van der Waals surface area contributed by atoms with Crippen molar-refractivity contribution in [3.8, 4) is 0 Å². The SMILES string of the molecule is CN(C)S(=O)(=O)c1ccc(NC(=O)C2CCN(C(=O)OC(C)(C)C)CC2)cc1. The predicted molar refractivity (Wildman–Crippen MR) is 106 cm³/mol. The summed E-state index contributed by atoms with van der Waals surface area (Å²) in [7, 11) is -0.565. The number of carbonyl (C=O) groups is 2. The number of ether oxygens (including phenoxy) is 1. The van der Waals surface area contributed by atoms with E-state index in [1.165, 1.54) is 26.2 Å². The van der Waals surface area contributed by atoms with Crippen LogP contribution in [0.25, 0.3) is 0 Å². The average Bonchev–Trinajstić information content (AvgIpc) is 2.60. The van der Waals surface area contributed by atoms with Crippen LogP contribution in [0.4, 0.5) is 10.5 Å². The molecule has 1 aromatic carbocycles. The van der Waals surface area contributed by atoms with Crippen LogP contribution in [0.2, 0.25) is 0 Å². The van der Waals surface area contributed by atoms with Crippen molar-refractivity contribution in [3.63, 3.8) is 0 Å². The van der Waals surface area contributed by atoms with E-state index in [-0.39, 0.29) is 22.8 Å². The van der Waals surface area contributed by atoms with Crippen LogP contribution < -0.4 is 5.32 Å². The maximum atomic E-state index is 12.5. The van der Waals surface area contributed by atoms with Gasteiger partial charge in [0.1, 0.15) is 5.60 Å². The molecule has 1 fully saturated rings. The molecule has 0 bridgehead atoms. The molecule has 2 rings (SSSR count). The Hall–Kier alpha value is -2.13. The lowest BCUT2D eigenvalue weighted by Crippen LogP contribution is -2.43. The minimum absolute atomic E-state index is 0.132. The lowest BCUT2D eigenvalue weighted by Gasteiger charge is -2.32. The molecule has 8 nitrogen and oxygen atoms in total. The van der Waals surface area contributed by atoms with E-state index in [9.17, 15) is 18.0 Å². The third-order valence-corrected chi connectivity index (χ3v) is 6.25. The summed E-state index contributed by atoms with van der Waals surface area (Å²) in [5.41, 5.74) is -0.00497. The zero-order valence-corrected chi connectivity index (χ0v) is 17.9. The van der Waals surface area contributed by atoms with Crippen molar-refractivity contribution in [2.24, 2.45) is 5.92 Å². The number of hydrogen-bond acceptors (Lipinski definition) is 5. The van der Waals surface area contributed by atoms with Crippen LogP contribution in [0.1, 0.15) is 33.6 Å². The number of nitrogens with zero attached hydrogens (tertiary/aromatic N) is 2. The summed E-state index contributed by atoms with van der Waals surface area (Å²) in [6.07, 6.45) is 0.750. The highest BCUT2D eigenvalue weighted by atomic mass is 32.2. The number of hydrogen-bond donors (Lipinski definition) is 1. The molecule has 0 aromatic heterocycles. The van der Waals surface area contributed by atoms with Crippen LogP contribution in [0.3, 0.4) is 0 Å². The summed E-state index contributed by atoms with van der Waals surface area (Å²) < 4.78 is 30.7. The van der Waals surface area contributed by atoms with E-state index in [0.717, 1.165) is 4.31 Å². The Balaban J connectivity index is 1.90. The summed E-state index contributed by atoms with van der Waals surface area (Å²) in [5.74, 6) is -0.337. The van der Waals surface area contributed by atoms with Gasteiger partial charge in [0.2, 0.25) is 15.9 Å². The Morgan fingerprint density at radius 1 is 1.11 bits per heavy atom. The van der Waals surface area contributed by atoms with Crippen LogP contribution in [0, 0.1) is 5.92 Å². The molecular formula is C19H29N3O5S. The van der Waals surface area contributed by atoms with Crippen LogP contribution in [0.15, 0.2) is 29.2 Å². The first-order valence-electron chi connectivity index (χ1n) is 9.21. The lowest BCUT2D eigenvalue weighted by molar-refractivity contribution is -0.121. The quantitative estimate of drug-likeness (QED) is 0.821. The Labute approximate surface area is 166 Å². The van der Waals surface area contributed by atoms with Crippen LogP contribution >= 0.6 is 0 Å². The topological polar surface area (TPSA) is 96.0 Å².